The van der Waals surface area contributed by atoms with E-state index in [1.807, 2.05) is 23.5 Å². The van der Waals surface area contributed by atoms with Crippen molar-refractivity contribution < 1.29 is 0 Å². The zero-order valence-electron chi connectivity index (χ0n) is 8.56. The lowest BCUT2D eigenvalue weighted by Gasteiger charge is -2.24. The molecule has 0 saturated carbocycles. The molecule has 0 aliphatic heterocycles. The maximum Gasteiger partial charge on any atom is 0.0577 e. The summed E-state index contributed by atoms with van der Waals surface area (Å²) in [5.74, 6) is 0. The molecule has 12 heavy (non-hydrogen) atoms. The molecule has 0 saturated heterocycles. The quantitative estimate of drug-likeness (QED) is 0.451. The van der Waals surface area contributed by atoms with Gasteiger partial charge < -0.3 is 0 Å². The van der Waals surface area contributed by atoms with Gasteiger partial charge in [0.1, 0.15) is 0 Å². The van der Waals surface area contributed by atoms with Crippen molar-refractivity contribution in [2.75, 3.05) is 12.5 Å². The lowest BCUT2D eigenvalue weighted by molar-refractivity contribution is 0.628. The van der Waals surface area contributed by atoms with E-state index in [2.05, 4.69) is 26.4 Å². The molecule has 0 nitrogen and oxygen atoms in total. The van der Waals surface area contributed by atoms with Gasteiger partial charge >= 0.3 is 0 Å². The first kappa shape index (κ1) is 12.7. The molecule has 0 N–H and O–H groups in total. The monoisotopic (exact) mass is 205 g/mol. The molecule has 73 valence electrons. The molecule has 0 amide bonds. The predicted molar refractivity (Wildman–Crippen MR) is 63.9 cm³/mol. The molecule has 0 rings (SSSR count). The van der Waals surface area contributed by atoms with Gasteiger partial charge in [0.15, 0.2) is 0 Å². The van der Waals surface area contributed by atoms with Crippen LogP contribution in [0, 0.1) is 6.92 Å². The van der Waals surface area contributed by atoms with E-state index in [0.717, 1.165) is 6.42 Å². The standard InChI is InChI=1S/C10H21S2/c1-5-6-7-8-9-10(2,11-3)12-4/h1,5-9H2,2-4H3. The highest BCUT2D eigenvalue weighted by atomic mass is 32.2. The summed E-state index contributed by atoms with van der Waals surface area (Å²) in [4.78, 5) is 0. The third-order valence-corrected chi connectivity index (χ3v) is 5.38. The van der Waals surface area contributed by atoms with Crippen LogP contribution < -0.4 is 0 Å². The summed E-state index contributed by atoms with van der Waals surface area (Å²) in [6.45, 7) is 6.19. The molecule has 0 aromatic heterocycles. The lowest BCUT2D eigenvalue weighted by Crippen LogP contribution is -2.13. The predicted octanol–water partition coefficient (Wildman–Crippen LogP) is 4.21. The topological polar surface area (TPSA) is 0 Å². The van der Waals surface area contributed by atoms with Crippen LogP contribution in [0.4, 0.5) is 0 Å². The van der Waals surface area contributed by atoms with Gasteiger partial charge in [-0.25, -0.2) is 0 Å². The molecule has 0 aromatic rings. The highest BCUT2D eigenvalue weighted by Crippen LogP contribution is 2.37. The first-order chi connectivity index (χ1) is 5.68. The van der Waals surface area contributed by atoms with Crippen molar-refractivity contribution in [1.29, 1.82) is 0 Å². The van der Waals surface area contributed by atoms with Crippen molar-refractivity contribution in [3.05, 3.63) is 6.92 Å². The number of hydrogen-bond donors (Lipinski definition) is 0. The summed E-state index contributed by atoms with van der Waals surface area (Å²) in [5, 5.41) is 0. The molecule has 0 fully saturated rings. The molecule has 1 radical (unpaired) electrons. The summed E-state index contributed by atoms with van der Waals surface area (Å²) < 4.78 is 0.446. The average Bonchev–Trinajstić information content (AvgIpc) is 2.12. The molecular formula is C10H21S2. The second-order valence-corrected chi connectivity index (χ2v) is 6.08. The SMILES string of the molecule is [CH2]CCCCCC(C)(SC)SC. The Labute approximate surface area is 86.3 Å². The second kappa shape index (κ2) is 7.14. The first-order valence-electron chi connectivity index (χ1n) is 4.58. The third kappa shape index (κ3) is 5.36. The van der Waals surface area contributed by atoms with Gasteiger partial charge in [-0.05, 0) is 25.9 Å². The fourth-order valence-corrected chi connectivity index (χ4v) is 2.45. The molecule has 0 unspecified atom stereocenters. The molecule has 2 heteroatoms. The van der Waals surface area contributed by atoms with Crippen molar-refractivity contribution in [3.63, 3.8) is 0 Å². The largest absolute Gasteiger partial charge is 0.148 e. The Balaban J connectivity index is 3.45. The van der Waals surface area contributed by atoms with Crippen LogP contribution in [0.2, 0.25) is 0 Å². The van der Waals surface area contributed by atoms with E-state index in [1.165, 1.54) is 25.7 Å². The molecule has 0 spiro atoms. The Morgan fingerprint density at radius 2 is 1.67 bits per heavy atom. The number of rotatable bonds is 7. The number of hydrogen-bond acceptors (Lipinski definition) is 2. The van der Waals surface area contributed by atoms with Gasteiger partial charge in [0, 0.05) is 0 Å². The minimum Gasteiger partial charge on any atom is -0.148 e. The van der Waals surface area contributed by atoms with Crippen LogP contribution >= 0.6 is 23.5 Å². The third-order valence-electron chi connectivity index (χ3n) is 2.24. The highest BCUT2D eigenvalue weighted by molar-refractivity contribution is 8.17. The zero-order chi connectivity index (χ0) is 9.45. The van der Waals surface area contributed by atoms with Gasteiger partial charge in [-0.3, -0.25) is 0 Å². The Bertz CT molecular complexity index is 98.0. The number of thioether (sulfide) groups is 2. The van der Waals surface area contributed by atoms with Gasteiger partial charge in [-0.15, -0.1) is 23.5 Å². The first-order valence-corrected chi connectivity index (χ1v) is 7.03. The Morgan fingerprint density at radius 1 is 1.08 bits per heavy atom. The van der Waals surface area contributed by atoms with Gasteiger partial charge in [0.2, 0.25) is 0 Å². The minimum atomic E-state index is 0.446. The van der Waals surface area contributed by atoms with E-state index in [0.29, 0.717) is 4.08 Å². The Hall–Kier alpha value is 0.700. The van der Waals surface area contributed by atoms with E-state index in [4.69, 9.17) is 0 Å². The fourth-order valence-electron chi connectivity index (χ4n) is 1.09. The van der Waals surface area contributed by atoms with Crippen LogP contribution in [0.3, 0.4) is 0 Å². The summed E-state index contributed by atoms with van der Waals surface area (Å²) in [7, 11) is 0. The Kier molecular flexibility index (Phi) is 7.55. The maximum absolute atomic E-state index is 3.85. The van der Waals surface area contributed by atoms with E-state index in [9.17, 15) is 0 Å². The molecule has 0 atom stereocenters. The van der Waals surface area contributed by atoms with E-state index >= 15 is 0 Å². The summed E-state index contributed by atoms with van der Waals surface area (Å²) >= 11 is 3.96. The van der Waals surface area contributed by atoms with Crippen LogP contribution in [-0.2, 0) is 0 Å². The van der Waals surface area contributed by atoms with Crippen molar-refractivity contribution in [2.45, 2.75) is 43.1 Å². The van der Waals surface area contributed by atoms with Crippen LogP contribution in [0.1, 0.15) is 39.0 Å². The van der Waals surface area contributed by atoms with Crippen molar-refractivity contribution in [3.8, 4) is 0 Å². The maximum atomic E-state index is 3.85. The second-order valence-electron chi connectivity index (χ2n) is 3.21. The average molecular weight is 205 g/mol. The fraction of sp³-hybridized carbons (Fsp3) is 0.900. The van der Waals surface area contributed by atoms with Gasteiger partial charge in [-0.1, -0.05) is 32.6 Å². The molecule has 0 aliphatic rings. The Morgan fingerprint density at radius 3 is 2.08 bits per heavy atom. The lowest BCUT2D eigenvalue weighted by atomic mass is 10.1. The summed E-state index contributed by atoms with van der Waals surface area (Å²) in [6, 6.07) is 0. The highest BCUT2D eigenvalue weighted by Gasteiger charge is 2.19. The van der Waals surface area contributed by atoms with Gasteiger partial charge in [0.05, 0.1) is 4.08 Å². The van der Waals surface area contributed by atoms with Crippen LogP contribution in [-0.4, -0.2) is 16.6 Å². The van der Waals surface area contributed by atoms with Crippen LogP contribution in [0.15, 0.2) is 0 Å². The number of unbranched alkanes of at least 4 members (excludes halogenated alkanes) is 3. The van der Waals surface area contributed by atoms with E-state index < -0.39 is 0 Å². The molecule has 0 bridgehead atoms. The molecular weight excluding hydrogens is 184 g/mol. The van der Waals surface area contributed by atoms with Crippen molar-refractivity contribution >= 4 is 23.5 Å². The van der Waals surface area contributed by atoms with Gasteiger partial charge in [0.25, 0.3) is 0 Å². The van der Waals surface area contributed by atoms with Crippen molar-refractivity contribution in [2.24, 2.45) is 0 Å². The summed E-state index contributed by atoms with van der Waals surface area (Å²) in [5.41, 5.74) is 0. The van der Waals surface area contributed by atoms with E-state index in [1.54, 1.807) is 0 Å². The molecule has 0 aromatic carbocycles. The van der Waals surface area contributed by atoms with Gasteiger partial charge in [-0.2, -0.15) is 0 Å². The minimum absolute atomic E-state index is 0.446. The van der Waals surface area contributed by atoms with Crippen molar-refractivity contribution in [1.82, 2.24) is 0 Å². The molecule has 0 heterocycles. The zero-order valence-corrected chi connectivity index (χ0v) is 10.2. The summed E-state index contributed by atoms with van der Waals surface area (Å²) in [6.07, 6.45) is 10.8. The normalized spacial score (nSPS) is 12.0. The smallest absolute Gasteiger partial charge is 0.0577 e. The molecule has 0 aliphatic carbocycles. The van der Waals surface area contributed by atoms with Crippen LogP contribution in [0.25, 0.3) is 0 Å². The van der Waals surface area contributed by atoms with E-state index in [-0.39, 0.29) is 0 Å². The van der Waals surface area contributed by atoms with Crippen LogP contribution in [0.5, 0.6) is 0 Å².